The van der Waals surface area contributed by atoms with Gasteiger partial charge in [-0.3, -0.25) is 13.9 Å². The van der Waals surface area contributed by atoms with E-state index in [4.69, 9.17) is 23.2 Å². The molecule has 0 aliphatic rings. The van der Waals surface area contributed by atoms with Crippen molar-refractivity contribution in [1.82, 2.24) is 10.2 Å². The number of nitrogens with one attached hydrogen (secondary N) is 1. The van der Waals surface area contributed by atoms with Gasteiger partial charge in [0.05, 0.1) is 15.6 Å². The van der Waals surface area contributed by atoms with Crippen LogP contribution in [0.5, 0.6) is 0 Å². The highest BCUT2D eigenvalue weighted by Gasteiger charge is 2.33. The van der Waals surface area contributed by atoms with Crippen LogP contribution in [0.1, 0.15) is 19.4 Å². The monoisotopic (exact) mass is 625 g/mol. The molecule has 0 bridgehead atoms. The third kappa shape index (κ3) is 7.25. The summed E-state index contributed by atoms with van der Waals surface area (Å²) in [6.07, 6.45) is 0. The minimum absolute atomic E-state index is 0.00921. The lowest BCUT2D eigenvalue weighted by Gasteiger charge is -2.32. The second-order valence-electron chi connectivity index (χ2n) is 8.14. The van der Waals surface area contributed by atoms with Crippen LogP contribution < -0.4 is 9.62 Å². The van der Waals surface area contributed by atoms with Crippen LogP contribution in [0.4, 0.5) is 5.69 Å². The number of halogens is 3. The number of benzene rings is 3. The van der Waals surface area contributed by atoms with E-state index in [9.17, 15) is 18.0 Å². The van der Waals surface area contributed by atoms with E-state index in [1.807, 2.05) is 24.3 Å². The zero-order chi connectivity index (χ0) is 27.2. The molecular weight excluding hydrogens is 601 g/mol. The molecule has 3 aromatic rings. The Bertz CT molecular complexity index is 1360. The van der Waals surface area contributed by atoms with Crippen LogP contribution in [-0.4, -0.2) is 44.3 Å². The molecule has 0 saturated carbocycles. The Balaban J connectivity index is 2.04. The van der Waals surface area contributed by atoms with Crippen molar-refractivity contribution in [1.29, 1.82) is 0 Å². The number of hydrogen-bond donors (Lipinski definition) is 1. The van der Waals surface area contributed by atoms with E-state index in [-0.39, 0.29) is 28.1 Å². The topological polar surface area (TPSA) is 86.8 Å². The molecule has 37 heavy (non-hydrogen) atoms. The van der Waals surface area contributed by atoms with Crippen molar-refractivity contribution in [2.24, 2.45) is 0 Å². The van der Waals surface area contributed by atoms with Crippen molar-refractivity contribution in [2.75, 3.05) is 17.4 Å². The highest BCUT2D eigenvalue weighted by molar-refractivity contribution is 9.10. The molecule has 1 unspecified atom stereocenters. The fourth-order valence-corrected chi connectivity index (χ4v) is 5.89. The molecular formula is C26H26BrCl2N3O4S. The van der Waals surface area contributed by atoms with Crippen LogP contribution >= 0.6 is 39.1 Å². The van der Waals surface area contributed by atoms with Gasteiger partial charge in [0.15, 0.2) is 0 Å². The van der Waals surface area contributed by atoms with E-state index in [1.165, 1.54) is 35.2 Å². The van der Waals surface area contributed by atoms with Gasteiger partial charge in [0.1, 0.15) is 12.6 Å². The van der Waals surface area contributed by atoms with Crippen molar-refractivity contribution in [3.63, 3.8) is 0 Å². The Morgan fingerprint density at radius 3 is 2.24 bits per heavy atom. The summed E-state index contributed by atoms with van der Waals surface area (Å²) in [5.74, 6) is -0.929. The normalized spacial score (nSPS) is 12.0. The minimum atomic E-state index is -4.20. The second-order valence-corrected chi connectivity index (χ2v) is 11.8. The lowest BCUT2D eigenvalue weighted by molar-refractivity contribution is -0.139. The zero-order valence-electron chi connectivity index (χ0n) is 20.2. The number of amides is 2. The minimum Gasteiger partial charge on any atom is -0.355 e. The summed E-state index contributed by atoms with van der Waals surface area (Å²) in [4.78, 5) is 27.8. The Morgan fingerprint density at radius 1 is 1.00 bits per heavy atom. The smallest absolute Gasteiger partial charge is 0.264 e. The van der Waals surface area contributed by atoms with E-state index in [1.54, 1.807) is 32.0 Å². The molecule has 196 valence electrons. The molecule has 0 spiro atoms. The first-order valence-corrected chi connectivity index (χ1v) is 14.4. The quantitative estimate of drug-likeness (QED) is 0.322. The van der Waals surface area contributed by atoms with Crippen LogP contribution in [0.15, 0.2) is 82.2 Å². The molecule has 0 aromatic heterocycles. The number of likely N-dealkylation sites (N-methyl/N-ethyl adjacent to an activating group) is 1. The summed E-state index contributed by atoms with van der Waals surface area (Å²) in [5, 5.41) is 3.11. The highest BCUT2D eigenvalue weighted by Crippen LogP contribution is 2.33. The molecule has 3 rings (SSSR count). The number of carbonyl (C=O) groups is 2. The first-order chi connectivity index (χ1) is 17.5. The third-order valence-electron chi connectivity index (χ3n) is 5.57. The lowest BCUT2D eigenvalue weighted by Crippen LogP contribution is -2.51. The zero-order valence-corrected chi connectivity index (χ0v) is 24.1. The molecule has 11 heteroatoms. The molecule has 0 saturated heterocycles. The maximum Gasteiger partial charge on any atom is 0.264 e. The summed E-state index contributed by atoms with van der Waals surface area (Å²) < 4.78 is 29.2. The largest absolute Gasteiger partial charge is 0.355 e. The van der Waals surface area contributed by atoms with Crippen LogP contribution in [0, 0.1) is 0 Å². The van der Waals surface area contributed by atoms with Gasteiger partial charge < -0.3 is 10.2 Å². The SMILES string of the molecule is CCNC(=O)C(C)N(Cc1ccc(Br)cc1)C(=O)CN(c1ccc(Cl)cc1Cl)S(=O)(=O)c1ccccc1. The predicted molar refractivity (Wildman–Crippen MR) is 150 cm³/mol. The molecule has 1 atom stereocenters. The number of anilines is 1. The van der Waals surface area contributed by atoms with Crippen molar-refractivity contribution >= 4 is 66.7 Å². The van der Waals surface area contributed by atoms with Crippen molar-refractivity contribution in [3.8, 4) is 0 Å². The third-order valence-corrected chi connectivity index (χ3v) is 8.41. The maximum absolute atomic E-state index is 13.8. The summed E-state index contributed by atoms with van der Waals surface area (Å²) in [6, 6.07) is 18.5. The highest BCUT2D eigenvalue weighted by atomic mass is 79.9. The van der Waals surface area contributed by atoms with Crippen molar-refractivity contribution in [3.05, 3.63) is 92.9 Å². The standard InChI is InChI=1S/C26H26BrCl2N3O4S/c1-3-30-26(34)18(2)31(16-19-9-11-20(27)12-10-19)25(33)17-32(24-14-13-21(28)15-23(24)29)37(35,36)22-7-5-4-6-8-22/h4-15,18H,3,16-17H2,1-2H3,(H,30,34). The van der Waals surface area contributed by atoms with Crippen LogP contribution in [0.2, 0.25) is 10.0 Å². The van der Waals surface area contributed by atoms with Gasteiger partial charge in [-0.15, -0.1) is 0 Å². The molecule has 3 aromatic carbocycles. The average Bonchev–Trinajstić information content (AvgIpc) is 2.87. The summed E-state index contributed by atoms with van der Waals surface area (Å²) in [5.41, 5.74) is 0.868. The molecule has 0 radical (unpaired) electrons. The fraction of sp³-hybridized carbons (Fsp3) is 0.231. The molecule has 0 heterocycles. The van der Waals surface area contributed by atoms with Gasteiger partial charge in [-0.05, 0) is 61.9 Å². The van der Waals surface area contributed by atoms with Crippen molar-refractivity contribution < 1.29 is 18.0 Å². The number of hydrogen-bond acceptors (Lipinski definition) is 4. The summed E-state index contributed by atoms with van der Waals surface area (Å²) in [6.45, 7) is 3.28. The van der Waals surface area contributed by atoms with Gasteiger partial charge in [-0.1, -0.05) is 69.5 Å². The van der Waals surface area contributed by atoms with Gasteiger partial charge in [0.2, 0.25) is 11.8 Å². The fourth-order valence-electron chi connectivity index (χ4n) is 3.61. The van der Waals surface area contributed by atoms with E-state index >= 15 is 0 Å². The van der Waals surface area contributed by atoms with E-state index < -0.39 is 28.5 Å². The molecule has 1 N–H and O–H groups in total. The number of rotatable bonds is 10. The molecule has 0 aliphatic carbocycles. The number of carbonyl (C=O) groups excluding carboxylic acids is 2. The molecule has 2 amide bonds. The lowest BCUT2D eigenvalue weighted by atomic mass is 10.1. The van der Waals surface area contributed by atoms with Crippen molar-refractivity contribution in [2.45, 2.75) is 31.3 Å². The Labute approximate surface area is 235 Å². The first kappa shape index (κ1) is 29.0. The molecule has 0 aliphatic heterocycles. The second kappa shape index (κ2) is 12.8. The van der Waals surface area contributed by atoms with E-state index in [0.717, 1.165) is 14.3 Å². The summed E-state index contributed by atoms with van der Waals surface area (Å²) in [7, 11) is -4.20. The van der Waals surface area contributed by atoms with Crippen LogP contribution in [0.3, 0.4) is 0 Å². The van der Waals surface area contributed by atoms with Crippen LogP contribution in [0.25, 0.3) is 0 Å². The Hall–Kier alpha value is -2.59. The van der Waals surface area contributed by atoms with Gasteiger partial charge in [0.25, 0.3) is 10.0 Å². The first-order valence-electron chi connectivity index (χ1n) is 11.4. The Kier molecular flexibility index (Phi) is 10.0. The molecule has 0 fully saturated rings. The van der Waals surface area contributed by atoms with E-state index in [2.05, 4.69) is 21.2 Å². The Morgan fingerprint density at radius 2 is 1.65 bits per heavy atom. The average molecular weight is 627 g/mol. The summed E-state index contributed by atoms with van der Waals surface area (Å²) >= 11 is 15.8. The van der Waals surface area contributed by atoms with Gasteiger partial charge in [-0.25, -0.2) is 8.42 Å². The molecule has 7 nitrogen and oxygen atoms in total. The van der Waals surface area contributed by atoms with Gasteiger partial charge >= 0.3 is 0 Å². The maximum atomic E-state index is 13.8. The van der Waals surface area contributed by atoms with E-state index in [0.29, 0.717) is 11.6 Å². The van der Waals surface area contributed by atoms with Crippen LogP contribution in [-0.2, 0) is 26.2 Å². The predicted octanol–water partition coefficient (Wildman–Crippen LogP) is 5.50. The van der Waals surface area contributed by atoms with Gasteiger partial charge in [-0.2, -0.15) is 0 Å². The van der Waals surface area contributed by atoms with Gasteiger partial charge in [0, 0.05) is 22.6 Å². The number of nitrogens with zero attached hydrogens (tertiary/aromatic N) is 2. The number of sulfonamides is 1.